The van der Waals surface area contributed by atoms with Crippen LogP contribution in [-0.2, 0) is 11.2 Å². The van der Waals surface area contributed by atoms with Crippen molar-refractivity contribution in [2.45, 2.75) is 13.3 Å². The van der Waals surface area contributed by atoms with E-state index < -0.39 is 0 Å². The zero-order valence-corrected chi connectivity index (χ0v) is 11.7. The molecule has 20 heavy (non-hydrogen) atoms. The van der Waals surface area contributed by atoms with Gasteiger partial charge in [0.05, 0.1) is 18.3 Å². The number of carbonyl (C=O) groups excluding carboxylic acids is 1. The molecule has 0 aliphatic carbocycles. The van der Waals surface area contributed by atoms with Gasteiger partial charge in [-0.2, -0.15) is 5.26 Å². The van der Waals surface area contributed by atoms with Crippen LogP contribution in [0.1, 0.15) is 18.1 Å². The molecule has 106 valence electrons. The van der Waals surface area contributed by atoms with E-state index in [2.05, 4.69) is 28.6 Å². The van der Waals surface area contributed by atoms with Crippen molar-refractivity contribution in [2.24, 2.45) is 5.73 Å². The number of aromatic amines is 1. The van der Waals surface area contributed by atoms with Gasteiger partial charge in [0, 0.05) is 23.5 Å². The second-order valence-corrected chi connectivity index (χ2v) is 3.98. The van der Waals surface area contributed by atoms with E-state index in [1.165, 1.54) is 5.56 Å². The van der Waals surface area contributed by atoms with Crippen molar-refractivity contribution in [3.05, 3.63) is 29.3 Å². The average molecular weight is 273 g/mol. The van der Waals surface area contributed by atoms with Crippen molar-refractivity contribution >= 4 is 23.1 Å². The molecule has 2 aromatic rings. The number of aromatic nitrogens is 1. The van der Waals surface area contributed by atoms with Crippen LogP contribution in [0.4, 0.5) is 5.82 Å². The standard InChI is InChI=1S/C12H13N3.C2H6N2O/c1-3-9-10-6-8(7-13)4-5-11(10)15-12(9)14-2;3-1-4-2-5/h4-6,14-15H,3H2,1-2H3;2H,1,3H2,(H,4,5). The van der Waals surface area contributed by atoms with Crippen LogP contribution in [0.2, 0.25) is 0 Å². The van der Waals surface area contributed by atoms with Crippen molar-refractivity contribution in [3.63, 3.8) is 0 Å². The lowest BCUT2D eigenvalue weighted by atomic mass is 10.1. The molecule has 0 saturated heterocycles. The Morgan fingerprint density at radius 3 is 2.70 bits per heavy atom. The molecule has 0 spiro atoms. The highest BCUT2D eigenvalue weighted by Gasteiger charge is 2.08. The number of nitrogens with one attached hydrogen (secondary N) is 3. The molecule has 1 amide bonds. The normalized spacial score (nSPS) is 9.30. The second kappa shape index (κ2) is 7.81. The Morgan fingerprint density at radius 2 is 2.25 bits per heavy atom. The third-order valence-corrected chi connectivity index (χ3v) is 2.84. The molecule has 0 aliphatic rings. The van der Waals surface area contributed by atoms with Gasteiger partial charge in [-0.25, -0.2) is 0 Å². The molecule has 0 fully saturated rings. The van der Waals surface area contributed by atoms with Crippen LogP contribution < -0.4 is 16.4 Å². The summed E-state index contributed by atoms with van der Waals surface area (Å²) >= 11 is 0. The summed E-state index contributed by atoms with van der Waals surface area (Å²) in [4.78, 5) is 12.5. The lowest BCUT2D eigenvalue weighted by Crippen LogP contribution is -2.19. The van der Waals surface area contributed by atoms with E-state index in [1.807, 2.05) is 25.2 Å². The summed E-state index contributed by atoms with van der Waals surface area (Å²) in [6, 6.07) is 7.88. The summed E-state index contributed by atoms with van der Waals surface area (Å²) in [5.41, 5.74) is 7.82. The Labute approximate surface area is 118 Å². The molecule has 1 heterocycles. The first-order valence-corrected chi connectivity index (χ1v) is 6.31. The number of nitrogens with zero attached hydrogens (tertiary/aromatic N) is 1. The van der Waals surface area contributed by atoms with E-state index in [0.29, 0.717) is 12.0 Å². The van der Waals surface area contributed by atoms with E-state index in [1.54, 1.807) is 0 Å². The fourth-order valence-corrected chi connectivity index (χ4v) is 1.95. The lowest BCUT2D eigenvalue weighted by Gasteiger charge is -1.99. The number of amides is 1. The number of hydrogen-bond donors (Lipinski definition) is 4. The molecule has 1 aromatic heterocycles. The summed E-state index contributed by atoms with van der Waals surface area (Å²) in [6.07, 6.45) is 1.51. The summed E-state index contributed by atoms with van der Waals surface area (Å²) in [5.74, 6) is 1.04. The van der Waals surface area contributed by atoms with E-state index in [-0.39, 0.29) is 6.67 Å². The number of H-pyrrole nitrogens is 1. The molecule has 5 N–H and O–H groups in total. The van der Waals surface area contributed by atoms with Gasteiger partial charge in [-0.05, 0) is 24.6 Å². The minimum atomic E-state index is 0.226. The summed E-state index contributed by atoms with van der Waals surface area (Å²) in [5, 5.41) is 15.3. The van der Waals surface area contributed by atoms with Crippen LogP contribution >= 0.6 is 0 Å². The fourth-order valence-electron chi connectivity index (χ4n) is 1.95. The van der Waals surface area contributed by atoms with Gasteiger partial charge in [-0.3, -0.25) is 4.79 Å². The summed E-state index contributed by atoms with van der Waals surface area (Å²) < 4.78 is 0. The topological polar surface area (TPSA) is 107 Å². The summed E-state index contributed by atoms with van der Waals surface area (Å²) in [7, 11) is 1.90. The van der Waals surface area contributed by atoms with Crippen LogP contribution in [0.5, 0.6) is 0 Å². The second-order valence-electron chi connectivity index (χ2n) is 3.98. The highest BCUT2D eigenvalue weighted by Crippen LogP contribution is 2.27. The maximum Gasteiger partial charge on any atom is 0.208 e. The molecule has 6 nitrogen and oxygen atoms in total. The first-order chi connectivity index (χ1) is 9.71. The minimum Gasteiger partial charge on any atom is -0.374 e. The third-order valence-electron chi connectivity index (χ3n) is 2.84. The van der Waals surface area contributed by atoms with Crippen molar-refractivity contribution in [1.29, 1.82) is 5.26 Å². The van der Waals surface area contributed by atoms with Gasteiger partial charge in [0.25, 0.3) is 0 Å². The summed E-state index contributed by atoms with van der Waals surface area (Å²) in [6.45, 7) is 2.34. The van der Waals surface area contributed by atoms with Gasteiger partial charge in [-0.1, -0.05) is 6.92 Å². The molecular formula is C14H19N5O. The molecule has 0 radical (unpaired) electrons. The van der Waals surface area contributed by atoms with E-state index >= 15 is 0 Å². The van der Waals surface area contributed by atoms with Gasteiger partial charge in [0.2, 0.25) is 6.41 Å². The van der Waals surface area contributed by atoms with Gasteiger partial charge < -0.3 is 21.4 Å². The molecule has 6 heteroatoms. The van der Waals surface area contributed by atoms with Crippen LogP contribution in [0.25, 0.3) is 10.9 Å². The number of carbonyl (C=O) groups is 1. The molecule has 1 aromatic carbocycles. The predicted octanol–water partition coefficient (Wildman–Crippen LogP) is 1.29. The van der Waals surface area contributed by atoms with Crippen molar-refractivity contribution < 1.29 is 4.79 Å². The molecule has 2 rings (SSSR count). The Kier molecular flexibility index (Phi) is 6.07. The largest absolute Gasteiger partial charge is 0.374 e. The van der Waals surface area contributed by atoms with Crippen LogP contribution in [0.15, 0.2) is 18.2 Å². The van der Waals surface area contributed by atoms with Crippen molar-refractivity contribution in [2.75, 3.05) is 19.0 Å². The number of aryl methyl sites for hydroxylation is 1. The van der Waals surface area contributed by atoms with Gasteiger partial charge >= 0.3 is 0 Å². The number of fused-ring (bicyclic) bond motifs is 1. The Morgan fingerprint density at radius 1 is 1.50 bits per heavy atom. The average Bonchev–Trinajstić information content (AvgIpc) is 2.85. The van der Waals surface area contributed by atoms with E-state index in [9.17, 15) is 4.79 Å². The third kappa shape index (κ3) is 3.49. The van der Waals surface area contributed by atoms with E-state index in [4.69, 9.17) is 11.0 Å². The Bertz CT molecular complexity index is 612. The Hall–Kier alpha value is -2.52. The van der Waals surface area contributed by atoms with E-state index in [0.717, 1.165) is 23.1 Å². The van der Waals surface area contributed by atoms with Crippen molar-refractivity contribution in [3.8, 4) is 6.07 Å². The number of nitriles is 1. The molecule has 0 atom stereocenters. The molecule has 0 unspecified atom stereocenters. The SMILES string of the molecule is CCc1c(NC)[nH]c2ccc(C#N)cc12.NCNC=O. The molecular weight excluding hydrogens is 254 g/mol. The number of anilines is 1. The number of hydrogen-bond acceptors (Lipinski definition) is 4. The number of rotatable bonds is 4. The Balaban J connectivity index is 0.000000347. The van der Waals surface area contributed by atoms with Crippen LogP contribution in [-0.4, -0.2) is 25.1 Å². The fraction of sp³-hybridized carbons (Fsp3) is 0.286. The molecule has 0 aliphatic heterocycles. The zero-order chi connectivity index (χ0) is 15.0. The van der Waals surface area contributed by atoms with Crippen molar-refractivity contribution in [1.82, 2.24) is 10.3 Å². The lowest BCUT2D eigenvalue weighted by molar-refractivity contribution is -0.109. The maximum atomic E-state index is 9.21. The molecule has 0 bridgehead atoms. The van der Waals surface area contributed by atoms with Crippen LogP contribution in [0, 0.1) is 11.3 Å². The highest BCUT2D eigenvalue weighted by molar-refractivity contribution is 5.89. The number of nitrogens with two attached hydrogens (primary N) is 1. The first kappa shape index (κ1) is 15.5. The smallest absolute Gasteiger partial charge is 0.208 e. The predicted molar refractivity (Wildman–Crippen MR) is 80.2 cm³/mol. The maximum absolute atomic E-state index is 9.21. The quantitative estimate of drug-likeness (QED) is 0.497. The monoisotopic (exact) mass is 273 g/mol. The zero-order valence-electron chi connectivity index (χ0n) is 11.7. The minimum absolute atomic E-state index is 0.226. The van der Waals surface area contributed by atoms with Crippen LogP contribution in [0.3, 0.4) is 0 Å². The van der Waals surface area contributed by atoms with Gasteiger partial charge in [0.1, 0.15) is 5.82 Å². The first-order valence-electron chi connectivity index (χ1n) is 6.31. The van der Waals surface area contributed by atoms with Gasteiger partial charge in [0.15, 0.2) is 0 Å². The van der Waals surface area contributed by atoms with Gasteiger partial charge in [-0.15, -0.1) is 0 Å². The number of benzene rings is 1. The highest BCUT2D eigenvalue weighted by atomic mass is 16.1. The molecule has 0 saturated carbocycles.